The monoisotopic (exact) mass is 208 g/mol. The first-order valence-electron chi connectivity index (χ1n) is 4.36. The molecule has 0 aromatic carbocycles. The van der Waals surface area contributed by atoms with E-state index in [1.807, 2.05) is 6.92 Å². The van der Waals surface area contributed by atoms with Gasteiger partial charge in [-0.2, -0.15) is 4.31 Å². The highest BCUT2D eigenvalue weighted by molar-refractivity contribution is 7.89. The molecule has 0 aliphatic carbocycles. The van der Waals surface area contributed by atoms with Crippen molar-refractivity contribution in [2.75, 3.05) is 32.0 Å². The summed E-state index contributed by atoms with van der Waals surface area (Å²) in [6.45, 7) is 3.41. The summed E-state index contributed by atoms with van der Waals surface area (Å²) < 4.78 is 29.7. The van der Waals surface area contributed by atoms with Crippen LogP contribution in [0.1, 0.15) is 6.92 Å². The molecule has 0 aromatic heterocycles. The van der Waals surface area contributed by atoms with E-state index in [0.29, 0.717) is 19.7 Å². The van der Waals surface area contributed by atoms with Crippen molar-refractivity contribution < 1.29 is 13.2 Å². The van der Waals surface area contributed by atoms with Crippen molar-refractivity contribution >= 4 is 10.0 Å². The van der Waals surface area contributed by atoms with E-state index < -0.39 is 10.0 Å². The van der Waals surface area contributed by atoms with Crippen LogP contribution in [-0.2, 0) is 14.8 Å². The van der Waals surface area contributed by atoms with Gasteiger partial charge in [-0.05, 0) is 6.92 Å². The van der Waals surface area contributed by atoms with E-state index in [1.165, 1.54) is 4.31 Å². The maximum Gasteiger partial charge on any atom is 0.215 e. The zero-order chi connectivity index (χ0) is 9.90. The Morgan fingerprint density at radius 2 is 2.31 bits per heavy atom. The number of nitrogens with zero attached hydrogens (tertiary/aromatic N) is 1. The van der Waals surface area contributed by atoms with E-state index in [9.17, 15) is 8.42 Å². The van der Waals surface area contributed by atoms with Gasteiger partial charge in [0, 0.05) is 19.6 Å². The minimum atomic E-state index is -3.14. The molecule has 0 aromatic rings. The lowest BCUT2D eigenvalue weighted by Gasteiger charge is -2.30. The van der Waals surface area contributed by atoms with Gasteiger partial charge in [0.1, 0.15) is 0 Å². The molecule has 1 atom stereocenters. The van der Waals surface area contributed by atoms with Crippen molar-refractivity contribution in [1.82, 2.24) is 4.31 Å². The van der Waals surface area contributed by atoms with E-state index in [0.717, 1.165) is 0 Å². The van der Waals surface area contributed by atoms with Gasteiger partial charge in [-0.15, -0.1) is 0 Å². The van der Waals surface area contributed by atoms with Crippen LogP contribution in [0.25, 0.3) is 0 Å². The lowest BCUT2D eigenvalue weighted by molar-refractivity contribution is 0.0102. The number of hydrogen-bond donors (Lipinski definition) is 1. The standard InChI is InChI=1S/C7H16N2O3S/c1-7-6-9(3-4-12-7)13(10,11)5-2-8/h7H,2-6,8H2,1H3. The van der Waals surface area contributed by atoms with Crippen LogP contribution >= 0.6 is 0 Å². The van der Waals surface area contributed by atoms with Gasteiger partial charge in [0.2, 0.25) is 10.0 Å². The minimum Gasteiger partial charge on any atom is -0.376 e. The Labute approximate surface area is 78.9 Å². The maximum atomic E-state index is 11.5. The molecule has 78 valence electrons. The molecule has 1 fully saturated rings. The quantitative estimate of drug-likeness (QED) is 0.645. The Bertz CT molecular complexity index is 252. The lowest BCUT2D eigenvalue weighted by atomic mass is 10.3. The fraction of sp³-hybridized carbons (Fsp3) is 1.00. The number of morpholine rings is 1. The fourth-order valence-electron chi connectivity index (χ4n) is 1.32. The Morgan fingerprint density at radius 1 is 1.62 bits per heavy atom. The summed E-state index contributed by atoms with van der Waals surface area (Å²) in [6, 6.07) is 0. The van der Waals surface area contributed by atoms with Crippen LogP contribution in [0, 0.1) is 0 Å². The molecule has 5 nitrogen and oxygen atoms in total. The highest BCUT2D eigenvalue weighted by atomic mass is 32.2. The van der Waals surface area contributed by atoms with Gasteiger partial charge in [-0.3, -0.25) is 0 Å². The second-order valence-electron chi connectivity index (χ2n) is 3.14. The number of rotatable bonds is 3. The van der Waals surface area contributed by atoms with E-state index >= 15 is 0 Å². The van der Waals surface area contributed by atoms with Crippen molar-refractivity contribution in [3.63, 3.8) is 0 Å². The smallest absolute Gasteiger partial charge is 0.215 e. The summed E-state index contributed by atoms with van der Waals surface area (Å²) in [4.78, 5) is 0. The fourth-order valence-corrected chi connectivity index (χ4v) is 2.66. The second kappa shape index (κ2) is 4.36. The molecule has 6 heteroatoms. The van der Waals surface area contributed by atoms with Crippen LogP contribution in [0.5, 0.6) is 0 Å². The molecule has 13 heavy (non-hydrogen) atoms. The SMILES string of the molecule is CC1CN(S(=O)(=O)CCN)CCO1. The van der Waals surface area contributed by atoms with Crippen molar-refractivity contribution in [3.8, 4) is 0 Å². The van der Waals surface area contributed by atoms with Crippen molar-refractivity contribution in [2.24, 2.45) is 5.73 Å². The summed E-state index contributed by atoms with van der Waals surface area (Å²) in [7, 11) is -3.14. The first-order chi connectivity index (χ1) is 6.06. The van der Waals surface area contributed by atoms with Gasteiger partial charge in [0.15, 0.2) is 0 Å². The first-order valence-corrected chi connectivity index (χ1v) is 5.96. The highest BCUT2D eigenvalue weighted by Gasteiger charge is 2.26. The van der Waals surface area contributed by atoms with Gasteiger partial charge < -0.3 is 10.5 Å². The molecular weight excluding hydrogens is 192 g/mol. The first kappa shape index (κ1) is 10.9. The predicted octanol–water partition coefficient (Wildman–Crippen LogP) is -1.00. The van der Waals surface area contributed by atoms with Gasteiger partial charge in [-0.1, -0.05) is 0 Å². The van der Waals surface area contributed by atoms with E-state index in [-0.39, 0.29) is 18.4 Å². The number of sulfonamides is 1. The van der Waals surface area contributed by atoms with E-state index in [2.05, 4.69) is 0 Å². The average molecular weight is 208 g/mol. The molecule has 0 bridgehead atoms. The Morgan fingerprint density at radius 3 is 2.85 bits per heavy atom. The largest absolute Gasteiger partial charge is 0.376 e. The summed E-state index contributed by atoms with van der Waals surface area (Å²) >= 11 is 0. The summed E-state index contributed by atoms with van der Waals surface area (Å²) in [5.41, 5.74) is 5.22. The third-order valence-electron chi connectivity index (χ3n) is 1.97. The molecule has 1 aliphatic rings. The zero-order valence-corrected chi connectivity index (χ0v) is 8.59. The van der Waals surface area contributed by atoms with Crippen LogP contribution in [0.15, 0.2) is 0 Å². The predicted molar refractivity (Wildman–Crippen MR) is 49.8 cm³/mol. The Hall–Kier alpha value is -0.170. The van der Waals surface area contributed by atoms with Crippen molar-refractivity contribution in [1.29, 1.82) is 0 Å². The molecule has 0 spiro atoms. The Kier molecular flexibility index (Phi) is 3.66. The van der Waals surface area contributed by atoms with Gasteiger partial charge in [-0.25, -0.2) is 8.42 Å². The molecule has 1 saturated heterocycles. The lowest BCUT2D eigenvalue weighted by Crippen LogP contribution is -2.46. The summed E-state index contributed by atoms with van der Waals surface area (Å²) in [5.74, 6) is 0.0275. The highest BCUT2D eigenvalue weighted by Crippen LogP contribution is 2.09. The number of hydrogen-bond acceptors (Lipinski definition) is 4. The van der Waals surface area contributed by atoms with Crippen molar-refractivity contribution in [3.05, 3.63) is 0 Å². The maximum absolute atomic E-state index is 11.5. The molecule has 0 amide bonds. The molecular formula is C7H16N2O3S. The van der Waals surface area contributed by atoms with Crippen LogP contribution in [0.3, 0.4) is 0 Å². The zero-order valence-electron chi connectivity index (χ0n) is 7.77. The molecule has 1 heterocycles. The third kappa shape index (κ3) is 2.91. The molecule has 0 saturated carbocycles. The number of ether oxygens (including phenoxy) is 1. The van der Waals surface area contributed by atoms with E-state index in [4.69, 9.17) is 10.5 Å². The normalized spacial score (nSPS) is 26.2. The van der Waals surface area contributed by atoms with Crippen LogP contribution in [-0.4, -0.2) is 50.8 Å². The average Bonchev–Trinajstić information content (AvgIpc) is 2.04. The van der Waals surface area contributed by atoms with Gasteiger partial charge >= 0.3 is 0 Å². The van der Waals surface area contributed by atoms with Gasteiger partial charge in [0.25, 0.3) is 0 Å². The van der Waals surface area contributed by atoms with Crippen molar-refractivity contribution in [2.45, 2.75) is 13.0 Å². The summed E-state index contributed by atoms with van der Waals surface area (Å²) in [5, 5.41) is 0. The third-order valence-corrected chi connectivity index (χ3v) is 3.84. The van der Waals surface area contributed by atoms with E-state index in [1.54, 1.807) is 0 Å². The van der Waals surface area contributed by atoms with Crippen LogP contribution in [0.4, 0.5) is 0 Å². The van der Waals surface area contributed by atoms with Crippen LogP contribution in [0.2, 0.25) is 0 Å². The number of nitrogens with two attached hydrogens (primary N) is 1. The molecule has 1 aliphatic heterocycles. The molecule has 2 N–H and O–H groups in total. The topological polar surface area (TPSA) is 72.6 Å². The summed E-state index contributed by atoms with van der Waals surface area (Å²) in [6.07, 6.45) is -0.0127. The van der Waals surface area contributed by atoms with Crippen LogP contribution < -0.4 is 5.73 Å². The Balaban J connectivity index is 2.60. The molecule has 1 rings (SSSR count). The molecule has 0 radical (unpaired) electrons. The molecule has 1 unspecified atom stereocenters. The van der Waals surface area contributed by atoms with Gasteiger partial charge in [0.05, 0.1) is 18.5 Å². The second-order valence-corrected chi connectivity index (χ2v) is 5.23. The minimum absolute atomic E-state index is 0.0127.